The van der Waals surface area contributed by atoms with E-state index in [0.717, 1.165) is 0 Å². The van der Waals surface area contributed by atoms with Crippen LogP contribution in [0.3, 0.4) is 0 Å². The third kappa shape index (κ3) is 4.78. The lowest BCUT2D eigenvalue weighted by Gasteiger charge is -2.30. The van der Waals surface area contributed by atoms with Crippen molar-refractivity contribution in [3.8, 4) is 0 Å². The third-order valence-electron chi connectivity index (χ3n) is 3.99. The number of benzene rings is 1. The molecule has 0 aliphatic carbocycles. The molecule has 8 heteroatoms. The molecular weight excluding hydrogens is 330 g/mol. The number of nitrogens with one attached hydrogen (secondary N) is 2. The number of anilines is 2. The molecule has 1 aromatic rings. The van der Waals surface area contributed by atoms with Gasteiger partial charge in [-0.15, -0.1) is 0 Å². The highest BCUT2D eigenvalue weighted by Crippen LogP contribution is 2.22. The van der Waals surface area contributed by atoms with Gasteiger partial charge in [-0.2, -0.15) is 0 Å². The molecule has 0 aromatic heterocycles. The summed E-state index contributed by atoms with van der Waals surface area (Å²) in [5, 5.41) is 5.46. The van der Waals surface area contributed by atoms with Crippen molar-refractivity contribution in [3.05, 3.63) is 24.3 Å². The standard InChI is InChI=1S/C16H23N3O4S/c1-3-24(22,23)19-10-4-5-13(11-19)16(21)18-15-8-6-14(7-9-15)17-12(2)20/h6-9,13H,3-5,10-11H2,1-2H3,(H,17,20)(H,18,21). The van der Waals surface area contributed by atoms with Gasteiger partial charge >= 0.3 is 0 Å². The summed E-state index contributed by atoms with van der Waals surface area (Å²) < 4.78 is 25.3. The van der Waals surface area contributed by atoms with E-state index in [1.165, 1.54) is 11.2 Å². The molecule has 1 saturated heterocycles. The SMILES string of the molecule is CCS(=O)(=O)N1CCCC(C(=O)Nc2ccc(NC(C)=O)cc2)C1. The molecule has 2 rings (SSSR count). The van der Waals surface area contributed by atoms with E-state index in [2.05, 4.69) is 10.6 Å². The number of rotatable bonds is 5. The lowest BCUT2D eigenvalue weighted by molar-refractivity contribution is -0.121. The minimum Gasteiger partial charge on any atom is -0.326 e. The Hall–Kier alpha value is -1.93. The van der Waals surface area contributed by atoms with Crippen molar-refractivity contribution in [2.75, 3.05) is 29.5 Å². The van der Waals surface area contributed by atoms with Crippen molar-refractivity contribution < 1.29 is 18.0 Å². The van der Waals surface area contributed by atoms with Gasteiger partial charge in [-0.1, -0.05) is 0 Å². The summed E-state index contributed by atoms with van der Waals surface area (Å²) in [5.74, 6) is -0.647. The van der Waals surface area contributed by atoms with E-state index >= 15 is 0 Å². The van der Waals surface area contributed by atoms with Crippen LogP contribution in [0.2, 0.25) is 0 Å². The first kappa shape index (κ1) is 18.4. The quantitative estimate of drug-likeness (QED) is 0.841. The average Bonchev–Trinajstić information content (AvgIpc) is 2.56. The Labute approximate surface area is 142 Å². The zero-order valence-electron chi connectivity index (χ0n) is 13.9. The fraction of sp³-hybridized carbons (Fsp3) is 0.500. The maximum absolute atomic E-state index is 12.4. The minimum atomic E-state index is -3.26. The van der Waals surface area contributed by atoms with Gasteiger partial charge in [0, 0.05) is 31.4 Å². The van der Waals surface area contributed by atoms with Crippen LogP contribution >= 0.6 is 0 Å². The molecule has 2 N–H and O–H groups in total. The van der Waals surface area contributed by atoms with E-state index in [0.29, 0.717) is 30.8 Å². The van der Waals surface area contributed by atoms with Gasteiger partial charge in [-0.25, -0.2) is 12.7 Å². The Morgan fingerprint density at radius 2 is 1.75 bits per heavy atom. The van der Waals surface area contributed by atoms with Crippen LogP contribution in [0, 0.1) is 5.92 Å². The smallest absolute Gasteiger partial charge is 0.228 e. The molecule has 2 amide bonds. The van der Waals surface area contributed by atoms with Crippen LogP contribution in [0.4, 0.5) is 11.4 Å². The Morgan fingerprint density at radius 1 is 1.17 bits per heavy atom. The number of carbonyl (C=O) groups is 2. The second-order valence-electron chi connectivity index (χ2n) is 5.85. The van der Waals surface area contributed by atoms with Crippen molar-refractivity contribution in [1.29, 1.82) is 0 Å². The number of hydrogen-bond donors (Lipinski definition) is 2. The summed E-state index contributed by atoms with van der Waals surface area (Å²) >= 11 is 0. The van der Waals surface area contributed by atoms with Crippen molar-refractivity contribution in [3.63, 3.8) is 0 Å². The Kier molecular flexibility index (Phi) is 5.95. The van der Waals surface area contributed by atoms with Crippen LogP contribution in [-0.4, -0.2) is 43.4 Å². The van der Waals surface area contributed by atoms with Crippen molar-refractivity contribution in [2.45, 2.75) is 26.7 Å². The highest BCUT2D eigenvalue weighted by atomic mass is 32.2. The molecule has 24 heavy (non-hydrogen) atoms. The number of carbonyl (C=O) groups excluding carboxylic acids is 2. The van der Waals surface area contributed by atoms with E-state index < -0.39 is 10.0 Å². The van der Waals surface area contributed by atoms with E-state index in [9.17, 15) is 18.0 Å². The van der Waals surface area contributed by atoms with E-state index in [-0.39, 0.29) is 30.0 Å². The summed E-state index contributed by atoms with van der Waals surface area (Å²) in [5.41, 5.74) is 1.27. The van der Waals surface area contributed by atoms with Gasteiger partial charge < -0.3 is 10.6 Å². The minimum absolute atomic E-state index is 0.0476. The molecule has 1 aliphatic heterocycles. The van der Waals surface area contributed by atoms with Crippen LogP contribution in [0.15, 0.2) is 24.3 Å². The first-order valence-corrected chi connectivity index (χ1v) is 9.59. The molecule has 1 atom stereocenters. The number of nitrogens with zero attached hydrogens (tertiary/aromatic N) is 1. The second kappa shape index (κ2) is 7.76. The third-order valence-corrected chi connectivity index (χ3v) is 5.83. The normalized spacial score (nSPS) is 18.8. The van der Waals surface area contributed by atoms with Crippen LogP contribution in [0.1, 0.15) is 26.7 Å². The van der Waals surface area contributed by atoms with Gasteiger partial charge in [0.1, 0.15) is 0 Å². The molecule has 1 aromatic carbocycles. The average molecular weight is 353 g/mol. The van der Waals surface area contributed by atoms with E-state index in [1.807, 2.05) is 0 Å². The molecule has 0 radical (unpaired) electrons. The Bertz CT molecular complexity index is 701. The monoisotopic (exact) mass is 353 g/mol. The van der Waals surface area contributed by atoms with Gasteiger partial charge in [0.05, 0.1) is 11.7 Å². The molecule has 132 valence electrons. The molecule has 7 nitrogen and oxygen atoms in total. The molecule has 1 heterocycles. The van der Waals surface area contributed by atoms with Crippen LogP contribution < -0.4 is 10.6 Å². The molecule has 1 fully saturated rings. The van der Waals surface area contributed by atoms with Crippen LogP contribution in [0.5, 0.6) is 0 Å². The molecule has 0 saturated carbocycles. The van der Waals surface area contributed by atoms with Gasteiger partial charge in [-0.3, -0.25) is 9.59 Å². The topological polar surface area (TPSA) is 95.6 Å². The summed E-state index contributed by atoms with van der Waals surface area (Å²) in [6.07, 6.45) is 1.35. The van der Waals surface area contributed by atoms with Gasteiger partial charge in [0.25, 0.3) is 0 Å². The maximum Gasteiger partial charge on any atom is 0.228 e. The predicted octanol–water partition coefficient (Wildman–Crippen LogP) is 1.65. The fourth-order valence-corrected chi connectivity index (χ4v) is 3.86. The fourth-order valence-electron chi connectivity index (χ4n) is 2.68. The van der Waals surface area contributed by atoms with Gasteiger partial charge in [-0.05, 0) is 44.0 Å². The van der Waals surface area contributed by atoms with Gasteiger partial charge in [0.15, 0.2) is 0 Å². The number of piperidine rings is 1. The molecular formula is C16H23N3O4S. The first-order valence-electron chi connectivity index (χ1n) is 7.98. The highest BCUT2D eigenvalue weighted by Gasteiger charge is 2.31. The predicted molar refractivity (Wildman–Crippen MR) is 93.1 cm³/mol. The summed E-state index contributed by atoms with van der Waals surface area (Å²) in [6, 6.07) is 6.80. The zero-order chi connectivity index (χ0) is 17.7. The summed E-state index contributed by atoms with van der Waals surface area (Å²) in [7, 11) is -3.26. The second-order valence-corrected chi connectivity index (χ2v) is 8.10. The number of hydrogen-bond acceptors (Lipinski definition) is 4. The highest BCUT2D eigenvalue weighted by molar-refractivity contribution is 7.89. The van der Waals surface area contributed by atoms with E-state index in [1.54, 1.807) is 31.2 Å². The van der Waals surface area contributed by atoms with E-state index in [4.69, 9.17) is 0 Å². The number of amides is 2. The lowest BCUT2D eigenvalue weighted by Crippen LogP contribution is -2.44. The molecule has 0 bridgehead atoms. The maximum atomic E-state index is 12.4. The Balaban J connectivity index is 1.97. The zero-order valence-corrected chi connectivity index (χ0v) is 14.7. The lowest BCUT2D eigenvalue weighted by atomic mass is 9.98. The molecule has 0 spiro atoms. The first-order chi connectivity index (χ1) is 11.3. The molecule has 1 unspecified atom stereocenters. The Morgan fingerprint density at radius 3 is 2.29 bits per heavy atom. The summed E-state index contributed by atoms with van der Waals surface area (Å²) in [4.78, 5) is 23.4. The summed E-state index contributed by atoms with van der Waals surface area (Å²) in [6.45, 7) is 3.74. The largest absolute Gasteiger partial charge is 0.326 e. The van der Waals surface area contributed by atoms with Gasteiger partial charge in [0.2, 0.25) is 21.8 Å². The van der Waals surface area contributed by atoms with Crippen LogP contribution in [-0.2, 0) is 19.6 Å². The van der Waals surface area contributed by atoms with Crippen molar-refractivity contribution in [2.24, 2.45) is 5.92 Å². The number of sulfonamides is 1. The van der Waals surface area contributed by atoms with Crippen molar-refractivity contribution in [1.82, 2.24) is 4.31 Å². The van der Waals surface area contributed by atoms with Crippen molar-refractivity contribution >= 4 is 33.2 Å². The molecule has 1 aliphatic rings. The van der Waals surface area contributed by atoms with Crippen LogP contribution in [0.25, 0.3) is 0 Å².